The molecule has 1 heterocycles. The third kappa shape index (κ3) is 2.09. The van der Waals surface area contributed by atoms with Gasteiger partial charge in [-0.3, -0.25) is 0 Å². The van der Waals surface area contributed by atoms with Crippen LogP contribution in [0.2, 0.25) is 0 Å². The lowest BCUT2D eigenvalue weighted by atomic mass is 9.75. The van der Waals surface area contributed by atoms with Crippen LogP contribution in [0.5, 0.6) is 0 Å². The molecule has 0 radical (unpaired) electrons. The Balaban J connectivity index is 3.27. The second kappa shape index (κ2) is 4.02. The van der Waals surface area contributed by atoms with Crippen LogP contribution < -0.4 is 0 Å². The molecule has 0 saturated heterocycles. The first-order valence-electron chi connectivity index (χ1n) is 4.86. The van der Waals surface area contributed by atoms with Gasteiger partial charge < -0.3 is 5.11 Å². The molecule has 1 unspecified atom stereocenters. The summed E-state index contributed by atoms with van der Waals surface area (Å²) in [5.74, 6) is 0. The highest BCUT2D eigenvalue weighted by Crippen LogP contribution is 2.37. The van der Waals surface area contributed by atoms with Crippen LogP contribution in [0.3, 0.4) is 0 Å². The fourth-order valence-electron chi connectivity index (χ4n) is 1.15. The molecule has 0 bridgehead atoms. The van der Waals surface area contributed by atoms with Gasteiger partial charge in [0.15, 0.2) is 0 Å². The Kier molecular flexibility index (Phi) is 3.10. The van der Waals surface area contributed by atoms with Gasteiger partial charge in [0, 0.05) is 6.08 Å². The van der Waals surface area contributed by atoms with Crippen molar-refractivity contribution in [2.45, 2.75) is 33.3 Å². The van der Waals surface area contributed by atoms with E-state index in [1.54, 1.807) is 6.92 Å². The van der Waals surface area contributed by atoms with E-state index in [1.165, 1.54) is 17.1 Å². The lowest BCUT2D eigenvalue weighted by Crippen LogP contribution is -2.42. The second-order valence-corrected chi connectivity index (χ2v) is 4.74. The predicted octanol–water partition coefficient (Wildman–Crippen LogP) is 0.835. The third-order valence-corrected chi connectivity index (χ3v) is 2.76. The molecule has 0 aromatic carbocycles. The van der Waals surface area contributed by atoms with Crippen LogP contribution in [0.1, 0.15) is 27.7 Å². The van der Waals surface area contributed by atoms with Crippen molar-refractivity contribution >= 4 is 5.70 Å². The van der Waals surface area contributed by atoms with E-state index in [2.05, 4.69) is 15.5 Å². The van der Waals surface area contributed by atoms with Gasteiger partial charge in [0.05, 0.1) is 11.8 Å². The minimum Gasteiger partial charge on any atom is -0.383 e. The lowest BCUT2D eigenvalue weighted by Gasteiger charge is -2.38. The minimum atomic E-state index is -1.21. The summed E-state index contributed by atoms with van der Waals surface area (Å²) in [4.78, 5) is 0. The van der Waals surface area contributed by atoms with Gasteiger partial charge in [-0.05, 0) is 22.8 Å². The van der Waals surface area contributed by atoms with Crippen molar-refractivity contribution in [2.24, 2.45) is 5.41 Å². The summed E-state index contributed by atoms with van der Waals surface area (Å²) >= 11 is 0. The molecule has 16 heavy (non-hydrogen) atoms. The first-order chi connectivity index (χ1) is 7.30. The molecule has 1 N–H and O–H groups in total. The van der Waals surface area contributed by atoms with Crippen LogP contribution in [-0.2, 0) is 0 Å². The van der Waals surface area contributed by atoms with Crippen LogP contribution in [0.4, 0.5) is 0 Å². The summed E-state index contributed by atoms with van der Waals surface area (Å²) in [6.07, 6.45) is 2.60. The number of allylic oxidation sites excluding steroid dienone is 1. The molecule has 6 heteroatoms. The van der Waals surface area contributed by atoms with Gasteiger partial charge in [0.2, 0.25) is 0 Å². The van der Waals surface area contributed by atoms with Crippen LogP contribution in [-0.4, -0.2) is 30.9 Å². The Morgan fingerprint density at radius 1 is 1.44 bits per heavy atom. The first kappa shape index (κ1) is 12.3. The molecular weight excluding hydrogens is 206 g/mol. The number of aromatic nitrogens is 4. The van der Waals surface area contributed by atoms with Crippen molar-refractivity contribution in [1.29, 1.82) is 5.26 Å². The van der Waals surface area contributed by atoms with Gasteiger partial charge in [-0.15, -0.1) is 5.10 Å². The highest BCUT2D eigenvalue weighted by molar-refractivity contribution is 5.57. The summed E-state index contributed by atoms with van der Waals surface area (Å²) in [6, 6.07) is 1.90. The quantitative estimate of drug-likeness (QED) is 0.747. The molecule has 86 valence electrons. The number of hydrogen-bond donors (Lipinski definition) is 1. The Labute approximate surface area is 94.2 Å². The van der Waals surface area contributed by atoms with Crippen molar-refractivity contribution < 1.29 is 5.11 Å². The molecule has 6 nitrogen and oxygen atoms in total. The molecule has 0 fully saturated rings. The predicted molar refractivity (Wildman–Crippen MR) is 57.8 cm³/mol. The van der Waals surface area contributed by atoms with Gasteiger partial charge in [-0.25, -0.2) is 4.68 Å². The van der Waals surface area contributed by atoms with Crippen molar-refractivity contribution in [3.05, 3.63) is 12.4 Å². The summed E-state index contributed by atoms with van der Waals surface area (Å²) in [6.45, 7) is 7.27. The topological polar surface area (TPSA) is 87.6 Å². The van der Waals surface area contributed by atoms with Gasteiger partial charge in [0.1, 0.15) is 11.9 Å². The molecule has 1 aromatic rings. The maximum atomic E-state index is 10.5. The zero-order valence-electron chi connectivity index (χ0n) is 9.84. The van der Waals surface area contributed by atoms with Crippen LogP contribution in [0.15, 0.2) is 12.4 Å². The normalized spacial score (nSPS) is 16.6. The van der Waals surface area contributed by atoms with Crippen molar-refractivity contribution in [3.63, 3.8) is 0 Å². The van der Waals surface area contributed by atoms with Gasteiger partial charge in [-0.2, -0.15) is 5.26 Å². The van der Waals surface area contributed by atoms with Crippen molar-refractivity contribution in [1.82, 2.24) is 20.2 Å². The molecule has 1 atom stereocenters. The standard InChI is InChI=1S/C10H15N5O/c1-9(2,3)10(4,16)8(5-6-11)15-7-12-13-14-15/h5,7,16H,1-4H3/b8-5+. The van der Waals surface area contributed by atoms with E-state index in [9.17, 15) is 5.11 Å². The number of rotatable bonds is 2. The number of tetrazole rings is 1. The van der Waals surface area contributed by atoms with Crippen LogP contribution in [0, 0.1) is 16.7 Å². The second-order valence-electron chi connectivity index (χ2n) is 4.74. The highest BCUT2D eigenvalue weighted by atomic mass is 16.3. The highest BCUT2D eigenvalue weighted by Gasteiger charge is 2.40. The monoisotopic (exact) mass is 221 g/mol. The minimum absolute atomic E-state index is 0.354. The Morgan fingerprint density at radius 2 is 2.06 bits per heavy atom. The Hall–Kier alpha value is -1.74. The molecule has 0 saturated carbocycles. The molecule has 1 rings (SSSR count). The van der Waals surface area contributed by atoms with Gasteiger partial charge in [-0.1, -0.05) is 20.8 Å². The Bertz CT molecular complexity index is 419. The van der Waals surface area contributed by atoms with E-state index < -0.39 is 11.0 Å². The van der Waals surface area contributed by atoms with Crippen molar-refractivity contribution in [2.75, 3.05) is 0 Å². The molecule has 0 spiro atoms. The van der Waals surface area contributed by atoms with Crippen molar-refractivity contribution in [3.8, 4) is 6.07 Å². The average molecular weight is 221 g/mol. The van der Waals surface area contributed by atoms with Gasteiger partial charge >= 0.3 is 0 Å². The Morgan fingerprint density at radius 3 is 2.44 bits per heavy atom. The molecular formula is C10H15N5O. The fraction of sp³-hybridized carbons (Fsp3) is 0.600. The first-order valence-corrected chi connectivity index (χ1v) is 4.86. The van der Waals surface area contributed by atoms with E-state index >= 15 is 0 Å². The summed E-state index contributed by atoms with van der Waals surface area (Å²) in [5, 5.41) is 29.9. The van der Waals surface area contributed by atoms with E-state index in [0.29, 0.717) is 5.70 Å². The average Bonchev–Trinajstić information content (AvgIpc) is 2.64. The molecule has 0 aliphatic heterocycles. The third-order valence-electron chi connectivity index (χ3n) is 2.76. The smallest absolute Gasteiger partial charge is 0.143 e. The van der Waals surface area contributed by atoms with E-state index in [1.807, 2.05) is 26.8 Å². The summed E-state index contributed by atoms with van der Waals surface area (Å²) in [5.41, 5.74) is -1.30. The maximum Gasteiger partial charge on any atom is 0.143 e. The summed E-state index contributed by atoms with van der Waals surface area (Å²) in [7, 11) is 0. The number of nitriles is 1. The number of nitrogens with zero attached hydrogens (tertiary/aromatic N) is 5. The molecule has 0 amide bonds. The largest absolute Gasteiger partial charge is 0.383 e. The molecule has 0 aliphatic rings. The number of aliphatic hydroxyl groups is 1. The maximum absolute atomic E-state index is 10.5. The lowest BCUT2D eigenvalue weighted by molar-refractivity contribution is 0.00779. The van der Waals surface area contributed by atoms with Gasteiger partial charge in [0.25, 0.3) is 0 Å². The van der Waals surface area contributed by atoms with Crippen LogP contribution in [0.25, 0.3) is 5.70 Å². The summed E-state index contributed by atoms with van der Waals surface area (Å²) < 4.78 is 1.30. The van der Waals surface area contributed by atoms with Crippen LogP contribution >= 0.6 is 0 Å². The zero-order valence-corrected chi connectivity index (χ0v) is 9.84. The molecule has 0 aliphatic carbocycles. The fourth-order valence-corrected chi connectivity index (χ4v) is 1.15. The van der Waals surface area contributed by atoms with E-state index in [-0.39, 0.29) is 0 Å². The molecule has 1 aromatic heterocycles. The SMILES string of the molecule is CC(C)(C)C(C)(O)/C(=C\C#N)n1cnnn1. The zero-order chi connectivity index (χ0) is 12.4. The van der Waals surface area contributed by atoms with E-state index in [0.717, 1.165) is 0 Å². The number of hydrogen-bond acceptors (Lipinski definition) is 5. The van der Waals surface area contributed by atoms with E-state index in [4.69, 9.17) is 5.26 Å².